The monoisotopic (exact) mass is 361 g/mol. The lowest BCUT2D eigenvalue weighted by atomic mass is 10.1. The first-order chi connectivity index (χ1) is 11.6. The van der Waals surface area contributed by atoms with Crippen LogP contribution in [0.3, 0.4) is 0 Å². The lowest BCUT2D eigenvalue weighted by Gasteiger charge is -2.20. The molecule has 0 aliphatic rings. The van der Waals surface area contributed by atoms with Crippen LogP contribution in [0.2, 0.25) is 0 Å². The zero-order valence-electron chi connectivity index (χ0n) is 15.0. The van der Waals surface area contributed by atoms with Crippen LogP contribution >= 0.6 is 11.8 Å². The summed E-state index contributed by atoms with van der Waals surface area (Å²) in [5, 5.41) is 11.9. The molecule has 1 aromatic heterocycles. The minimum Gasteiger partial charge on any atom is -0.333 e. The van der Waals surface area contributed by atoms with E-state index in [9.17, 15) is 9.59 Å². The molecule has 0 aliphatic heterocycles. The molecule has 0 unspecified atom stereocenters. The zero-order valence-corrected chi connectivity index (χ0v) is 15.8. The Morgan fingerprint density at radius 2 is 1.84 bits per heavy atom. The van der Waals surface area contributed by atoms with Gasteiger partial charge in [-0.2, -0.15) is 0 Å². The fraction of sp³-hybridized carbons (Fsp3) is 0.412. The van der Waals surface area contributed by atoms with Crippen molar-refractivity contribution in [3.8, 4) is 11.4 Å². The van der Waals surface area contributed by atoms with Crippen molar-refractivity contribution in [2.24, 2.45) is 0 Å². The maximum absolute atomic E-state index is 12.1. The fourth-order valence-electron chi connectivity index (χ4n) is 1.94. The summed E-state index contributed by atoms with van der Waals surface area (Å²) in [7, 11) is 0. The Morgan fingerprint density at radius 3 is 2.44 bits per heavy atom. The lowest BCUT2D eigenvalue weighted by Crippen LogP contribution is -2.49. The molecule has 8 heteroatoms. The highest BCUT2D eigenvalue weighted by molar-refractivity contribution is 8.00. The van der Waals surface area contributed by atoms with Gasteiger partial charge in [0, 0.05) is 11.1 Å². The van der Waals surface area contributed by atoms with Gasteiger partial charge < -0.3 is 5.32 Å². The van der Waals surface area contributed by atoms with E-state index in [0.717, 1.165) is 11.1 Å². The number of H-pyrrole nitrogens is 1. The van der Waals surface area contributed by atoms with Crippen LogP contribution in [0.25, 0.3) is 11.4 Å². The SMILES string of the molecule is Cc1ccc(-c2nc(S[C@@H](C)C(=O)NC(=O)NC(C)(C)C)n[nH]2)cc1. The highest BCUT2D eigenvalue weighted by Crippen LogP contribution is 2.22. The molecule has 1 atom stereocenters. The third kappa shape index (κ3) is 5.90. The van der Waals surface area contributed by atoms with E-state index in [1.54, 1.807) is 6.92 Å². The molecule has 3 N–H and O–H groups in total. The number of carbonyl (C=O) groups is 2. The summed E-state index contributed by atoms with van der Waals surface area (Å²) in [6.07, 6.45) is 0. The summed E-state index contributed by atoms with van der Waals surface area (Å²) in [5.74, 6) is 0.244. The number of benzene rings is 1. The van der Waals surface area contributed by atoms with Crippen molar-refractivity contribution in [2.45, 2.75) is 50.6 Å². The van der Waals surface area contributed by atoms with Crippen LogP contribution in [0, 0.1) is 6.92 Å². The molecule has 0 saturated heterocycles. The largest absolute Gasteiger partial charge is 0.333 e. The Balaban J connectivity index is 1.94. The van der Waals surface area contributed by atoms with Gasteiger partial charge in [-0.25, -0.2) is 9.78 Å². The summed E-state index contributed by atoms with van der Waals surface area (Å²) in [6.45, 7) is 9.24. The van der Waals surface area contributed by atoms with E-state index < -0.39 is 22.7 Å². The Bertz CT molecular complexity index is 749. The first-order valence-electron chi connectivity index (χ1n) is 7.93. The summed E-state index contributed by atoms with van der Waals surface area (Å²) in [4.78, 5) is 28.2. The van der Waals surface area contributed by atoms with Crippen molar-refractivity contribution in [3.05, 3.63) is 29.8 Å². The zero-order chi connectivity index (χ0) is 18.6. The van der Waals surface area contributed by atoms with Gasteiger partial charge in [0.1, 0.15) is 0 Å². The molecule has 1 aromatic carbocycles. The number of hydrogen-bond donors (Lipinski definition) is 3. The number of carbonyl (C=O) groups excluding carboxylic acids is 2. The van der Waals surface area contributed by atoms with Crippen LogP contribution in [0.4, 0.5) is 4.79 Å². The fourth-order valence-corrected chi connectivity index (χ4v) is 2.66. The van der Waals surface area contributed by atoms with Crippen LogP contribution in [-0.4, -0.2) is 37.9 Å². The highest BCUT2D eigenvalue weighted by Gasteiger charge is 2.21. The molecule has 0 aliphatic carbocycles. The lowest BCUT2D eigenvalue weighted by molar-refractivity contribution is -0.119. The van der Waals surface area contributed by atoms with Crippen molar-refractivity contribution in [3.63, 3.8) is 0 Å². The smallest absolute Gasteiger partial charge is 0.321 e. The Hall–Kier alpha value is -2.35. The third-order valence-electron chi connectivity index (χ3n) is 3.17. The van der Waals surface area contributed by atoms with Crippen LogP contribution < -0.4 is 10.6 Å². The number of nitrogens with one attached hydrogen (secondary N) is 3. The Labute approximate surface area is 151 Å². The molecule has 134 valence electrons. The number of aryl methyl sites for hydroxylation is 1. The summed E-state index contributed by atoms with van der Waals surface area (Å²) < 4.78 is 0. The van der Waals surface area contributed by atoms with E-state index in [0.29, 0.717) is 11.0 Å². The predicted octanol–water partition coefficient (Wildman–Crippen LogP) is 2.89. The average Bonchev–Trinajstić information content (AvgIpc) is 2.94. The van der Waals surface area contributed by atoms with E-state index in [1.807, 2.05) is 52.0 Å². The van der Waals surface area contributed by atoms with E-state index >= 15 is 0 Å². The number of imide groups is 1. The van der Waals surface area contributed by atoms with Crippen molar-refractivity contribution in [1.82, 2.24) is 25.8 Å². The molecule has 0 fully saturated rings. The maximum Gasteiger partial charge on any atom is 0.321 e. The Kier molecular flexibility index (Phi) is 5.84. The van der Waals surface area contributed by atoms with E-state index in [4.69, 9.17) is 0 Å². The third-order valence-corrected chi connectivity index (χ3v) is 4.13. The minimum absolute atomic E-state index is 0.395. The number of nitrogens with zero attached hydrogens (tertiary/aromatic N) is 2. The normalized spacial score (nSPS) is 12.5. The second-order valence-corrected chi connectivity index (χ2v) is 8.09. The van der Waals surface area contributed by atoms with E-state index in [-0.39, 0.29) is 0 Å². The number of urea groups is 1. The van der Waals surface area contributed by atoms with E-state index in [2.05, 4.69) is 25.8 Å². The molecule has 0 bridgehead atoms. The van der Waals surface area contributed by atoms with Gasteiger partial charge in [-0.3, -0.25) is 15.2 Å². The molecule has 3 amide bonds. The van der Waals surface area contributed by atoms with Crippen LogP contribution in [0.5, 0.6) is 0 Å². The molecule has 0 saturated carbocycles. The van der Waals surface area contributed by atoms with Gasteiger partial charge in [-0.05, 0) is 34.6 Å². The molecule has 2 rings (SSSR count). The van der Waals surface area contributed by atoms with E-state index in [1.165, 1.54) is 11.8 Å². The highest BCUT2D eigenvalue weighted by atomic mass is 32.2. The topological polar surface area (TPSA) is 99.8 Å². The predicted molar refractivity (Wildman–Crippen MR) is 98.3 cm³/mol. The number of hydrogen-bond acceptors (Lipinski definition) is 5. The van der Waals surface area contributed by atoms with Gasteiger partial charge in [0.2, 0.25) is 11.1 Å². The maximum atomic E-state index is 12.1. The molecular formula is C17H23N5O2S. The second kappa shape index (κ2) is 7.69. The molecule has 1 heterocycles. The number of aromatic nitrogens is 3. The number of rotatable bonds is 4. The molecule has 25 heavy (non-hydrogen) atoms. The molecule has 0 spiro atoms. The van der Waals surface area contributed by atoms with Gasteiger partial charge in [-0.15, -0.1) is 5.10 Å². The van der Waals surface area contributed by atoms with Crippen molar-refractivity contribution < 1.29 is 9.59 Å². The van der Waals surface area contributed by atoms with Gasteiger partial charge in [0.25, 0.3) is 0 Å². The minimum atomic E-state index is -0.514. The summed E-state index contributed by atoms with van der Waals surface area (Å²) in [6, 6.07) is 7.39. The average molecular weight is 361 g/mol. The summed E-state index contributed by atoms with van der Waals surface area (Å²) in [5.41, 5.74) is 1.68. The van der Waals surface area contributed by atoms with Crippen molar-refractivity contribution >= 4 is 23.7 Å². The molecule has 0 radical (unpaired) electrons. The summed E-state index contributed by atoms with van der Waals surface area (Å²) >= 11 is 1.18. The second-order valence-electron chi connectivity index (χ2n) is 6.79. The van der Waals surface area contributed by atoms with Crippen LogP contribution in [0.1, 0.15) is 33.3 Å². The Morgan fingerprint density at radius 1 is 1.20 bits per heavy atom. The first kappa shape index (κ1) is 19.0. The van der Waals surface area contributed by atoms with Gasteiger partial charge in [0.05, 0.1) is 5.25 Å². The molecule has 2 aromatic rings. The van der Waals surface area contributed by atoms with Crippen molar-refractivity contribution in [2.75, 3.05) is 0 Å². The number of aromatic amines is 1. The number of amides is 3. The number of thioether (sulfide) groups is 1. The quantitative estimate of drug-likeness (QED) is 0.727. The van der Waals surface area contributed by atoms with Crippen LogP contribution in [-0.2, 0) is 4.79 Å². The van der Waals surface area contributed by atoms with Crippen molar-refractivity contribution in [1.29, 1.82) is 0 Å². The van der Waals surface area contributed by atoms with Gasteiger partial charge in [-0.1, -0.05) is 41.6 Å². The molecular weight excluding hydrogens is 338 g/mol. The van der Waals surface area contributed by atoms with Crippen LogP contribution in [0.15, 0.2) is 29.4 Å². The standard InChI is InChI=1S/C17H23N5O2S/c1-10-6-8-12(9-7-10)13-18-16(22-21-13)25-11(2)14(23)19-15(24)20-17(3,4)5/h6-9,11H,1-5H3,(H,18,21,22)(H2,19,20,23,24)/t11-/m0/s1. The van der Waals surface area contributed by atoms with Gasteiger partial charge >= 0.3 is 6.03 Å². The van der Waals surface area contributed by atoms with Gasteiger partial charge in [0.15, 0.2) is 5.82 Å². The first-order valence-corrected chi connectivity index (χ1v) is 8.81. The molecule has 7 nitrogen and oxygen atoms in total.